The molecule has 0 radical (unpaired) electrons. The third-order valence-corrected chi connectivity index (χ3v) is 3.76. The minimum absolute atomic E-state index is 0.209. The second-order valence-corrected chi connectivity index (χ2v) is 6.00. The van der Waals surface area contributed by atoms with Gasteiger partial charge in [-0.1, -0.05) is 20.8 Å². The van der Waals surface area contributed by atoms with E-state index in [2.05, 4.69) is 15.9 Å². The van der Waals surface area contributed by atoms with Crippen molar-refractivity contribution in [1.29, 1.82) is 0 Å². The molecule has 1 unspecified atom stereocenters. The van der Waals surface area contributed by atoms with Gasteiger partial charge in [-0.3, -0.25) is 4.79 Å². The molecule has 0 fully saturated rings. The average Bonchev–Trinajstić information content (AvgIpc) is 2.47. The Balaban J connectivity index is 2.92. The Morgan fingerprint density at radius 1 is 1.57 bits per heavy atom. The number of thiophene rings is 1. The molecule has 1 aromatic rings. The van der Waals surface area contributed by atoms with E-state index in [1.165, 1.54) is 11.3 Å². The normalized spacial score (nSPS) is 14.1. The van der Waals surface area contributed by atoms with Crippen molar-refractivity contribution in [2.45, 2.75) is 26.9 Å². The van der Waals surface area contributed by atoms with Crippen LogP contribution < -0.4 is 0 Å². The van der Waals surface area contributed by atoms with Crippen molar-refractivity contribution in [1.82, 2.24) is 0 Å². The highest BCUT2D eigenvalue weighted by molar-refractivity contribution is 9.10. The first-order valence-corrected chi connectivity index (χ1v) is 5.96. The van der Waals surface area contributed by atoms with Crippen LogP contribution in [-0.4, -0.2) is 17.0 Å². The molecule has 0 aromatic carbocycles. The molecule has 1 atom stereocenters. The molecule has 2 nitrogen and oxygen atoms in total. The third-order valence-electron chi connectivity index (χ3n) is 1.91. The Kier molecular flexibility index (Phi) is 3.50. The number of aliphatic hydroxyl groups is 1. The molecular weight excluding hydrogens is 264 g/mol. The fraction of sp³-hybridized carbons (Fsp3) is 0.500. The number of Topliss-reactive ketones (excluding diaryl/α,β-unsaturated/α-hetero) is 1. The van der Waals surface area contributed by atoms with Gasteiger partial charge in [-0.2, -0.15) is 0 Å². The summed E-state index contributed by atoms with van der Waals surface area (Å²) in [6.45, 7) is 5.53. The van der Waals surface area contributed by atoms with E-state index in [1.54, 1.807) is 0 Å². The maximum atomic E-state index is 11.8. The Labute approximate surface area is 96.1 Å². The highest BCUT2D eigenvalue weighted by atomic mass is 79.9. The molecule has 4 heteroatoms. The van der Waals surface area contributed by atoms with Gasteiger partial charge in [-0.05, 0) is 32.8 Å². The van der Waals surface area contributed by atoms with Crippen LogP contribution in [0.15, 0.2) is 15.9 Å². The van der Waals surface area contributed by atoms with Crippen molar-refractivity contribution in [2.75, 3.05) is 0 Å². The van der Waals surface area contributed by atoms with Gasteiger partial charge < -0.3 is 5.11 Å². The smallest absolute Gasteiger partial charge is 0.202 e. The molecular formula is C10H13BrO2S. The van der Waals surface area contributed by atoms with Crippen molar-refractivity contribution >= 4 is 33.0 Å². The van der Waals surface area contributed by atoms with Crippen LogP contribution in [0.4, 0.5) is 0 Å². The second kappa shape index (κ2) is 4.13. The molecule has 1 aromatic heterocycles. The third kappa shape index (κ3) is 2.43. The van der Waals surface area contributed by atoms with Gasteiger partial charge in [0.15, 0.2) is 0 Å². The van der Waals surface area contributed by atoms with Crippen molar-refractivity contribution < 1.29 is 9.90 Å². The average molecular weight is 277 g/mol. The molecule has 0 aliphatic heterocycles. The van der Waals surface area contributed by atoms with Crippen molar-refractivity contribution in [3.63, 3.8) is 0 Å². The standard InChI is InChI=1S/C10H13BrO2S/c1-10(2,3)9(13)7(12)8-6(11)4-5-14-8/h4-5,9,13H,1-3H3. The van der Waals surface area contributed by atoms with Gasteiger partial charge in [0.1, 0.15) is 6.10 Å². The number of hydrogen-bond acceptors (Lipinski definition) is 3. The SMILES string of the molecule is CC(C)(C)C(O)C(=O)c1sccc1Br. The number of carbonyl (C=O) groups excluding carboxylic acids is 1. The van der Waals surface area contributed by atoms with E-state index in [-0.39, 0.29) is 5.78 Å². The van der Waals surface area contributed by atoms with Gasteiger partial charge in [-0.25, -0.2) is 0 Å². The molecule has 14 heavy (non-hydrogen) atoms. The summed E-state index contributed by atoms with van der Waals surface area (Å²) in [7, 11) is 0. The van der Waals surface area contributed by atoms with E-state index in [0.29, 0.717) is 4.88 Å². The molecule has 0 bridgehead atoms. The zero-order chi connectivity index (χ0) is 10.9. The number of hydrogen-bond donors (Lipinski definition) is 1. The summed E-state index contributed by atoms with van der Waals surface area (Å²) in [4.78, 5) is 12.4. The van der Waals surface area contributed by atoms with Crippen LogP contribution in [0.2, 0.25) is 0 Å². The van der Waals surface area contributed by atoms with E-state index < -0.39 is 11.5 Å². The Morgan fingerprint density at radius 3 is 2.50 bits per heavy atom. The molecule has 0 spiro atoms. The highest BCUT2D eigenvalue weighted by Crippen LogP contribution is 2.29. The molecule has 0 saturated carbocycles. The highest BCUT2D eigenvalue weighted by Gasteiger charge is 2.31. The zero-order valence-corrected chi connectivity index (χ0v) is 10.8. The Morgan fingerprint density at radius 2 is 2.14 bits per heavy atom. The van der Waals surface area contributed by atoms with Crippen molar-refractivity contribution in [3.05, 3.63) is 20.8 Å². The van der Waals surface area contributed by atoms with E-state index in [9.17, 15) is 9.90 Å². The van der Waals surface area contributed by atoms with Crippen LogP contribution in [-0.2, 0) is 0 Å². The van der Waals surface area contributed by atoms with E-state index in [4.69, 9.17) is 0 Å². The van der Waals surface area contributed by atoms with E-state index in [0.717, 1.165) is 4.47 Å². The van der Waals surface area contributed by atoms with Gasteiger partial charge in [0.25, 0.3) is 0 Å². The topological polar surface area (TPSA) is 37.3 Å². The fourth-order valence-corrected chi connectivity index (χ4v) is 2.52. The van der Waals surface area contributed by atoms with Gasteiger partial charge in [-0.15, -0.1) is 11.3 Å². The van der Waals surface area contributed by atoms with Crippen LogP contribution in [0.5, 0.6) is 0 Å². The predicted molar refractivity (Wildman–Crippen MR) is 61.8 cm³/mol. The minimum atomic E-state index is -0.947. The number of aliphatic hydroxyl groups excluding tert-OH is 1. The molecule has 1 heterocycles. The van der Waals surface area contributed by atoms with Crippen LogP contribution in [0.1, 0.15) is 30.4 Å². The van der Waals surface area contributed by atoms with Gasteiger partial charge in [0.05, 0.1) is 4.88 Å². The lowest BCUT2D eigenvalue weighted by atomic mass is 9.86. The molecule has 0 saturated heterocycles. The minimum Gasteiger partial charge on any atom is -0.384 e. The lowest BCUT2D eigenvalue weighted by Gasteiger charge is -2.24. The summed E-state index contributed by atoms with van der Waals surface area (Å²) < 4.78 is 0.760. The summed E-state index contributed by atoms with van der Waals surface area (Å²) >= 11 is 4.63. The first kappa shape index (κ1) is 11.9. The van der Waals surface area contributed by atoms with Crippen LogP contribution >= 0.6 is 27.3 Å². The van der Waals surface area contributed by atoms with Crippen LogP contribution in [0, 0.1) is 5.41 Å². The van der Waals surface area contributed by atoms with Gasteiger partial charge >= 0.3 is 0 Å². The first-order valence-electron chi connectivity index (χ1n) is 4.29. The molecule has 0 amide bonds. The second-order valence-electron chi connectivity index (χ2n) is 4.23. The Hall–Kier alpha value is -0.190. The van der Waals surface area contributed by atoms with Crippen molar-refractivity contribution in [3.8, 4) is 0 Å². The molecule has 78 valence electrons. The largest absolute Gasteiger partial charge is 0.384 e. The summed E-state index contributed by atoms with van der Waals surface area (Å²) in [5, 5.41) is 11.6. The Bertz CT molecular complexity index is 338. The predicted octanol–water partition coefficient (Wildman–Crippen LogP) is 3.10. The van der Waals surface area contributed by atoms with Gasteiger partial charge in [0, 0.05) is 4.47 Å². The van der Waals surface area contributed by atoms with Gasteiger partial charge in [0.2, 0.25) is 5.78 Å². The fourth-order valence-electron chi connectivity index (χ4n) is 0.987. The van der Waals surface area contributed by atoms with E-state index >= 15 is 0 Å². The quantitative estimate of drug-likeness (QED) is 0.843. The lowest BCUT2D eigenvalue weighted by molar-refractivity contribution is 0.0446. The number of carbonyl (C=O) groups is 1. The van der Waals surface area contributed by atoms with Crippen LogP contribution in [0.25, 0.3) is 0 Å². The van der Waals surface area contributed by atoms with E-state index in [1.807, 2.05) is 32.2 Å². The molecule has 1 rings (SSSR count). The zero-order valence-electron chi connectivity index (χ0n) is 8.37. The lowest BCUT2D eigenvalue weighted by Crippen LogP contribution is -2.33. The molecule has 0 aliphatic rings. The first-order chi connectivity index (χ1) is 6.34. The number of rotatable bonds is 2. The maximum Gasteiger partial charge on any atom is 0.202 e. The maximum absolute atomic E-state index is 11.8. The monoisotopic (exact) mass is 276 g/mol. The van der Waals surface area contributed by atoms with Crippen LogP contribution in [0.3, 0.4) is 0 Å². The summed E-state index contributed by atoms with van der Waals surface area (Å²) in [5.74, 6) is -0.209. The number of ketones is 1. The summed E-state index contributed by atoms with van der Waals surface area (Å²) in [6, 6.07) is 1.81. The number of halogens is 1. The molecule has 0 aliphatic carbocycles. The van der Waals surface area contributed by atoms with Crippen molar-refractivity contribution in [2.24, 2.45) is 5.41 Å². The summed E-state index contributed by atoms with van der Waals surface area (Å²) in [6.07, 6.45) is -0.947. The molecule has 1 N–H and O–H groups in total. The summed E-state index contributed by atoms with van der Waals surface area (Å²) in [5.41, 5.74) is -0.416.